The van der Waals surface area contributed by atoms with Crippen molar-refractivity contribution >= 4 is 34.2 Å². The number of ketones is 1. The molecule has 3 aromatic heterocycles. The average molecular weight is 404 g/mol. The number of fused-ring (bicyclic) bond motifs is 3. The molecule has 1 amide bonds. The van der Waals surface area contributed by atoms with Gasteiger partial charge in [-0.05, 0) is 50.8 Å². The molecule has 8 nitrogen and oxygen atoms in total. The fourth-order valence-corrected chi connectivity index (χ4v) is 4.97. The van der Waals surface area contributed by atoms with Crippen LogP contribution >= 0.6 is 0 Å². The topological polar surface area (TPSA) is 117 Å². The van der Waals surface area contributed by atoms with Crippen molar-refractivity contribution in [1.29, 1.82) is 0 Å². The van der Waals surface area contributed by atoms with Crippen LogP contribution in [0.3, 0.4) is 0 Å². The summed E-state index contributed by atoms with van der Waals surface area (Å²) in [6, 6.07) is 6.70. The molecule has 0 aliphatic carbocycles. The van der Waals surface area contributed by atoms with Gasteiger partial charge in [-0.15, -0.1) is 0 Å². The van der Waals surface area contributed by atoms with Crippen molar-refractivity contribution in [2.75, 3.05) is 10.2 Å². The molecular weight excluding hydrogens is 380 g/mol. The van der Waals surface area contributed by atoms with Crippen LogP contribution in [0.2, 0.25) is 0 Å². The molecule has 3 atom stereocenters. The third-order valence-electron chi connectivity index (χ3n) is 6.35. The van der Waals surface area contributed by atoms with Gasteiger partial charge in [-0.3, -0.25) is 9.59 Å². The summed E-state index contributed by atoms with van der Waals surface area (Å²) < 4.78 is 0. The monoisotopic (exact) mass is 404 g/mol. The quantitative estimate of drug-likeness (QED) is 0.563. The molecular formula is C22H24N6O2. The number of aromatic nitrogens is 3. The number of hydrogen-bond donors (Lipinski definition) is 3. The number of nitrogens with two attached hydrogens (primary N) is 1. The summed E-state index contributed by atoms with van der Waals surface area (Å²) in [6.45, 7) is 1.55. The number of amides is 1. The molecule has 4 N–H and O–H groups in total. The normalized spacial score (nSPS) is 23.0. The Labute approximate surface area is 173 Å². The summed E-state index contributed by atoms with van der Waals surface area (Å²) >= 11 is 0. The zero-order chi connectivity index (χ0) is 20.8. The molecule has 2 aliphatic heterocycles. The third-order valence-corrected chi connectivity index (χ3v) is 6.35. The second-order valence-corrected chi connectivity index (χ2v) is 8.22. The number of H-pyrrole nitrogens is 1. The lowest BCUT2D eigenvalue weighted by Crippen LogP contribution is -2.47. The van der Waals surface area contributed by atoms with E-state index in [1.165, 1.54) is 6.20 Å². The molecule has 5 rings (SSSR count). The number of pyridine rings is 2. The van der Waals surface area contributed by atoms with Crippen LogP contribution in [0.15, 0.2) is 36.8 Å². The molecule has 154 valence electrons. The molecule has 0 aromatic carbocycles. The minimum Gasteiger partial charge on any atom is -0.381 e. The van der Waals surface area contributed by atoms with Crippen LogP contribution in [0.25, 0.3) is 11.0 Å². The Kier molecular flexibility index (Phi) is 4.42. The highest BCUT2D eigenvalue weighted by molar-refractivity contribution is 6.06. The van der Waals surface area contributed by atoms with Gasteiger partial charge in [0.25, 0.3) is 5.91 Å². The second-order valence-electron chi connectivity index (χ2n) is 8.22. The van der Waals surface area contributed by atoms with Gasteiger partial charge in [-0.1, -0.05) is 0 Å². The number of aromatic amines is 1. The lowest BCUT2D eigenvalue weighted by molar-refractivity contribution is 0.0996. The fraction of sp³-hybridized carbons (Fsp3) is 0.364. The van der Waals surface area contributed by atoms with E-state index in [0.29, 0.717) is 23.2 Å². The molecule has 0 radical (unpaired) electrons. The van der Waals surface area contributed by atoms with Crippen LogP contribution in [-0.2, 0) is 0 Å². The third kappa shape index (κ3) is 3.08. The Morgan fingerprint density at radius 1 is 1.13 bits per heavy atom. The van der Waals surface area contributed by atoms with Crippen LogP contribution in [0.5, 0.6) is 0 Å². The van der Waals surface area contributed by atoms with Crippen LogP contribution < -0.4 is 16.0 Å². The largest absolute Gasteiger partial charge is 0.381 e. The standard InChI is InChI=1S/C22H24N6O2/c1-12(29)13-2-5-19(25-10-13)28-15-3-4-16(28)9-14(8-15)27-20-17-6-7-24-22(17)26-11-18(20)21(23)30/h2,5-7,10-11,14-16H,3-4,8-9H2,1H3,(H2,23,30)(H2,24,26,27)/t14-,15-,16+. The minimum absolute atomic E-state index is 0.0265. The molecule has 0 unspecified atom stereocenters. The first-order chi connectivity index (χ1) is 14.5. The maximum Gasteiger partial charge on any atom is 0.252 e. The van der Waals surface area contributed by atoms with Crippen LogP contribution in [0, 0.1) is 0 Å². The van der Waals surface area contributed by atoms with Crippen molar-refractivity contribution in [3.63, 3.8) is 0 Å². The first-order valence-corrected chi connectivity index (χ1v) is 10.3. The number of carbonyl (C=O) groups is 2. The summed E-state index contributed by atoms with van der Waals surface area (Å²) in [5, 5.41) is 4.48. The van der Waals surface area contributed by atoms with Crippen molar-refractivity contribution in [2.45, 2.75) is 50.7 Å². The summed E-state index contributed by atoms with van der Waals surface area (Å²) in [5.74, 6) is 0.475. The lowest BCUT2D eigenvalue weighted by Gasteiger charge is -2.40. The van der Waals surface area contributed by atoms with Crippen molar-refractivity contribution < 1.29 is 9.59 Å². The molecule has 30 heavy (non-hydrogen) atoms. The Morgan fingerprint density at radius 2 is 1.90 bits per heavy atom. The Morgan fingerprint density at radius 3 is 2.53 bits per heavy atom. The van der Waals surface area contributed by atoms with Gasteiger partial charge in [-0.25, -0.2) is 9.97 Å². The van der Waals surface area contributed by atoms with Gasteiger partial charge < -0.3 is 20.9 Å². The number of rotatable bonds is 5. The van der Waals surface area contributed by atoms with Crippen molar-refractivity contribution in [1.82, 2.24) is 15.0 Å². The summed E-state index contributed by atoms with van der Waals surface area (Å²) in [5.41, 5.74) is 8.15. The Hall–Kier alpha value is -3.42. The fourth-order valence-electron chi connectivity index (χ4n) is 4.97. The lowest BCUT2D eigenvalue weighted by atomic mass is 9.96. The summed E-state index contributed by atoms with van der Waals surface area (Å²) in [4.78, 5) is 37.8. The molecule has 2 fully saturated rings. The Balaban J connectivity index is 1.39. The van der Waals surface area contributed by atoms with Gasteiger partial charge in [0.2, 0.25) is 0 Å². The number of nitrogens with one attached hydrogen (secondary N) is 2. The highest BCUT2D eigenvalue weighted by Gasteiger charge is 2.41. The number of primary amides is 1. The van der Waals surface area contributed by atoms with E-state index < -0.39 is 5.91 Å². The number of hydrogen-bond acceptors (Lipinski definition) is 6. The van der Waals surface area contributed by atoms with E-state index in [2.05, 4.69) is 25.2 Å². The minimum atomic E-state index is -0.483. The summed E-state index contributed by atoms with van der Waals surface area (Å²) in [7, 11) is 0. The van der Waals surface area contributed by atoms with Crippen LogP contribution in [-0.4, -0.2) is 44.8 Å². The van der Waals surface area contributed by atoms with E-state index in [1.54, 1.807) is 13.1 Å². The van der Waals surface area contributed by atoms with E-state index in [-0.39, 0.29) is 11.8 Å². The second kappa shape index (κ2) is 7.12. The van der Waals surface area contributed by atoms with Crippen molar-refractivity contribution in [2.24, 2.45) is 5.73 Å². The average Bonchev–Trinajstić information content (AvgIpc) is 3.31. The highest BCUT2D eigenvalue weighted by atomic mass is 16.1. The molecule has 5 heterocycles. The molecule has 0 saturated carbocycles. The maximum atomic E-state index is 12.0. The van der Waals surface area contributed by atoms with Crippen LogP contribution in [0.4, 0.5) is 11.5 Å². The highest BCUT2D eigenvalue weighted by Crippen LogP contribution is 2.40. The van der Waals surface area contributed by atoms with E-state index in [1.807, 2.05) is 24.4 Å². The van der Waals surface area contributed by atoms with Gasteiger partial charge in [0.1, 0.15) is 11.5 Å². The zero-order valence-electron chi connectivity index (χ0n) is 16.8. The van der Waals surface area contributed by atoms with E-state index in [9.17, 15) is 9.59 Å². The summed E-state index contributed by atoms with van der Waals surface area (Å²) in [6.07, 6.45) is 9.12. The van der Waals surface area contributed by atoms with E-state index in [4.69, 9.17) is 5.73 Å². The number of Topliss-reactive ketones (excluding diaryl/α,β-unsaturated/α-hetero) is 1. The zero-order valence-corrected chi connectivity index (χ0v) is 16.8. The predicted octanol–water partition coefficient (Wildman–Crippen LogP) is 2.87. The van der Waals surface area contributed by atoms with Gasteiger partial charge >= 0.3 is 0 Å². The SMILES string of the molecule is CC(=O)c1ccc(N2[C@@H]3CC[C@H]2C[C@H](Nc2c(C(N)=O)cnc4[nH]ccc24)C3)nc1. The number of anilines is 2. The van der Waals surface area contributed by atoms with Gasteiger partial charge in [0, 0.05) is 47.7 Å². The van der Waals surface area contributed by atoms with Gasteiger partial charge in [0.15, 0.2) is 5.78 Å². The number of nitrogens with zero attached hydrogens (tertiary/aromatic N) is 3. The van der Waals surface area contributed by atoms with E-state index >= 15 is 0 Å². The maximum absolute atomic E-state index is 12.0. The smallest absolute Gasteiger partial charge is 0.252 e. The number of carbonyl (C=O) groups excluding carboxylic acids is 2. The molecule has 2 bridgehead atoms. The van der Waals surface area contributed by atoms with Crippen molar-refractivity contribution in [3.05, 3.63) is 47.9 Å². The molecule has 2 aliphatic rings. The first-order valence-electron chi connectivity index (χ1n) is 10.3. The van der Waals surface area contributed by atoms with E-state index in [0.717, 1.165) is 48.2 Å². The first kappa shape index (κ1) is 18.6. The van der Waals surface area contributed by atoms with Crippen LogP contribution in [0.1, 0.15) is 53.3 Å². The molecule has 8 heteroatoms. The molecule has 3 aromatic rings. The Bertz CT molecular complexity index is 1110. The van der Waals surface area contributed by atoms with Gasteiger partial charge in [0.05, 0.1) is 11.3 Å². The van der Waals surface area contributed by atoms with Crippen molar-refractivity contribution in [3.8, 4) is 0 Å². The number of piperidine rings is 1. The molecule has 0 spiro atoms. The predicted molar refractivity (Wildman–Crippen MR) is 115 cm³/mol. The molecule has 2 saturated heterocycles. The van der Waals surface area contributed by atoms with Gasteiger partial charge in [-0.2, -0.15) is 0 Å².